The van der Waals surface area contributed by atoms with Gasteiger partial charge in [0.25, 0.3) is 5.91 Å². The molecule has 0 unspecified atom stereocenters. The number of thiophene rings is 1. The second-order valence-corrected chi connectivity index (χ2v) is 7.81. The summed E-state index contributed by atoms with van der Waals surface area (Å²) in [5.41, 5.74) is 2.06. The number of carbonyl (C=O) groups is 1. The van der Waals surface area contributed by atoms with Gasteiger partial charge in [0.05, 0.1) is 6.54 Å². The van der Waals surface area contributed by atoms with Gasteiger partial charge in [0.2, 0.25) is 0 Å². The Labute approximate surface area is 170 Å². The topological polar surface area (TPSA) is 57.8 Å². The fourth-order valence-electron chi connectivity index (χ4n) is 3.45. The van der Waals surface area contributed by atoms with Gasteiger partial charge in [-0.05, 0) is 40.4 Å². The zero-order valence-electron chi connectivity index (χ0n) is 15.3. The molecule has 6 heteroatoms. The van der Waals surface area contributed by atoms with Crippen molar-refractivity contribution in [2.24, 2.45) is 0 Å². The van der Waals surface area contributed by atoms with Crippen molar-refractivity contribution in [2.75, 3.05) is 0 Å². The first kappa shape index (κ1) is 17.6. The molecule has 2 N–H and O–H groups in total. The SMILES string of the molecule is O=C(NCc1cccs1)c1cc(F)c2[nH]nc(-c3ccc4ccccc4c3)c2c1. The van der Waals surface area contributed by atoms with E-state index in [0.29, 0.717) is 23.1 Å². The Balaban J connectivity index is 1.54. The van der Waals surface area contributed by atoms with Crippen LogP contribution in [-0.4, -0.2) is 16.1 Å². The largest absolute Gasteiger partial charge is 0.347 e. The van der Waals surface area contributed by atoms with Crippen molar-refractivity contribution in [3.63, 3.8) is 0 Å². The number of hydrogen-bond acceptors (Lipinski definition) is 3. The predicted octanol–water partition coefficient (Wildman–Crippen LogP) is 5.51. The number of H-pyrrole nitrogens is 1. The number of aromatic nitrogens is 2. The number of nitrogens with zero attached hydrogens (tertiary/aromatic N) is 1. The molecule has 0 aliphatic carbocycles. The Morgan fingerprint density at radius 2 is 1.90 bits per heavy atom. The molecular formula is C23H16FN3OS. The summed E-state index contributed by atoms with van der Waals surface area (Å²) in [6.45, 7) is 0.416. The Kier molecular flexibility index (Phi) is 4.33. The number of rotatable bonds is 4. The highest BCUT2D eigenvalue weighted by atomic mass is 32.1. The molecule has 0 radical (unpaired) electrons. The van der Waals surface area contributed by atoms with E-state index in [1.807, 2.05) is 60.0 Å². The van der Waals surface area contributed by atoms with E-state index >= 15 is 0 Å². The molecule has 0 atom stereocenters. The minimum absolute atomic E-state index is 0.273. The second-order valence-electron chi connectivity index (χ2n) is 6.78. The number of fused-ring (bicyclic) bond motifs is 2. The maximum atomic E-state index is 14.7. The summed E-state index contributed by atoms with van der Waals surface area (Å²) in [5, 5.41) is 14.7. The van der Waals surface area contributed by atoms with E-state index in [1.54, 1.807) is 17.4 Å². The Morgan fingerprint density at radius 1 is 1.03 bits per heavy atom. The standard InChI is InChI=1S/C23H16FN3OS/c24-20-12-17(23(28)25-13-18-6-3-9-29-18)11-19-21(26-27-22(19)20)16-8-7-14-4-1-2-5-15(14)10-16/h1-12H,13H2,(H,25,28)(H,26,27). The Bertz CT molecular complexity index is 1340. The molecule has 5 aromatic rings. The van der Waals surface area contributed by atoms with Crippen molar-refractivity contribution in [1.29, 1.82) is 0 Å². The molecule has 0 aliphatic rings. The molecule has 142 valence electrons. The van der Waals surface area contributed by atoms with Crippen LogP contribution in [0.25, 0.3) is 32.9 Å². The van der Waals surface area contributed by atoms with Crippen LogP contribution in [0.15, 0.2) is 72.1 Å². The smallest absolute Gasteiger partial charge is 0.251 e. The number of aromatic amines is 1. The van der Waals surface area contributed by atoms with E-state index in [9.17, 15) is 9.18 Å². The zero-order valence-corrected chi connectivity index (χ0v) is 16.1. The number of nitrogens with one attached hydrogen (secondary N) is 2. The number of benzene rings is 3. The van der Waals surface area contributed by atoms with Crippen LogP contribution in [0, 0.1) is 5.82 Å². The monoisotopic (exact) mass is 401 g/mol. The lowest BCUT2D eigenvalue weighted by molar-refractivity contribution is 0.0951. The molecule has 0 saturated heterocycles. The van der Waals surface area contributed by atoms with Crippen LogP contribution in [0.1, 0.15) is 15.2 Å². The highest BCUT2D eigenvalue weighted by Gasteiger charge is 2.16. The summed E-state index contributed by atoms with van der Waals surface area (Å²) in [5.74, 6) is -0.812. The first-order valence-electron chi connectivity index (χ1n) is 9.16. The lowest BCUT2D eigenvalue weighted by Gasteiger charge is -2.06. The van der Waals surface area contributed by atoms with E-state index < -0.39 is 5.82 Å². The molecule has 3 aromatic carbocycles. The lowest BCUT2D eigenvalue weighted by atomic mass is 10.0. The quantitative estimate of drug-likeness (QED) is 0.417. The van der Waals surface area contributed by atoms with Crippen molar-refractivity contribution < 1.29 is 9.18 Å². The van der Waals surface area contributed by atoms with E-state index in [4.69, 9.17) is 0 Å². The van der Waals surface area contributed by atoms with E-state index in [1.165, 1.54) is 6.07 Å². The third-order valence-corrected chi connectivity index (χ3v) is 5.79. The van der Waals surface area contributed by atoms with Gasteiger partial charge in [0, 0.05) is 21.4 Å². The third kappa shape index (κ3) is 3.28. The summed E-state index contributed by atoms with van der Waals surface area (Å²) in [4.78, 5) is 13.6. The Hall–Kier alpha value is -3.51. The van der Waals surface area contributed by atoms with Crippen molar-refractivity contribution in [3.05, 3.63) is 88.4 Å². The summed E-state index contributed by atoms with van der Waals surface area (Å²) < 4.78 is 14.7. The molecule has 4 nitrogen and oxygen atoms in total. The van der Waals surface area contributed by atoms with Gasteiger partial charge in [-0.25, -0.2) is 4.39 Å². The molecule has 1 amide bonds. The van der Waals surface area contributed by atoms with Gasteiger partial charge < -0.3 is 5.32 Å². The van der Waals surface area contributed by atoms with Crippen molar-refractivity contribution in [1.82, 2.24) is 15.5 Å². The fourth-order valence-corrected chi connectivity index (χ4v) is 4.09. The van der Waals surface area contributed by atoms with Gasteiger partial charge in [0.1, 0.15) is 17.0 Å². The summed E-state index contributed by atoms with van der Waals surface area (Å²) >= 11 is 1.56. The van der Waals surface area contributed by atoms with Crippen LogP contribution < -0.4 is 5.32 Å². The molecule has 0 spiro atoms. The Morgan fingerprint density at radius 3 is 2.72 bits per heavy atom. The van der Waals surface area contributed by atoms with Crippen LogP contribution in [0.4, 0.5) is 4.39 Å². The molecule has 0 bridgehead atoms. The molecule has 5 rings (SSSR count). The molecule has 0 fully saturated rings. The number of halogens is 1. The van der Waals surface area contributed by atoms with E-state index in [-0.39, 0.29) is 11.5 Å². The maximum Gasteiger partial charge on any atom is 0.251 e. The van der Waals surface area contributed by atoms with Gasteiger partial charge in [-0.15, -0.1) is 11.3 Å². The highest BCUT2D eigenvalue weighted by molar-refractivity contribution is 7.09. The van der Waals surface area contributed by atoms with Gasteiger partial charge in [-0.2, -0.15) is 5.10 Å². The van der Waals surface area contributed by atoms with Crippen LogP contribution in [-0.2, 0) is 6.54 Å². The predicted molar refractivity (Wildman–Crippen MR) is 114 cm³/mol. The molecular weight excluding hydrogens is 385 g/mol. The first-order chi connectivity index (χ1) is 14.2. The van der Waals surface area contributed by atoms with Crippen molar-refractivity contribution >= 4 is 38.9 Å². The third-order valence-electron chi connectivity index (χ3n) is 4.91. The summed E-state index contributed by atoms with van der Waals surface area (Å²) in [7, 11) is 0. The van der Waals surface area contributed by atoms with Gasteiger partial charge in [-0.1, -0.05) is 42.5 Å². The molecule has 2 aromatic heterocycles. The fraction of sp³-hybridized carbons (Fsp3) is 0.0435. The molecule has 0 aliphatic heterocycles. The first-order valence-corrected chi connectivity index (χ1v) is 10.0. The van der Waals surface area contributed by atoms with E-state index in [0.717, 1.165) is 21.2 Å². The van der Waals surface area contributed by atoms with Crippen molar-refractivity contribution in [2.45, 2.75) is 6.54 Å². The van der Waals surface area contributed by atoms with Gasteiger partial charge >= 0.3 is 0 Å². The van der Waals surface area contributed by atoms with Crippen LogP contribution in [0.2, 0.25) is 0 Å². The van der Waals surface area contributed by atoms with Gasteiger partial charge in [-0.3, -0.25) is 9.89 Å². The normalized spacial score (nSPS) is 11.2. The number of carbonyl (C=O) groups excluding carboxylic acids is 1. The average Bonchev–Trinajstić information content (AvgIpc) is 3.41. The average molecular weight is 401 g/mol. The van der Waals surface area contributed by atoms with Gasteiger partial charge in [0.15, 0.2) is 0 Å². The summed E-state index contributed by atoms with van der Waals surface area (Å²) in [6.07, 6.45) is 0. The lowest BCUT2D eigenvalue weighted by Crippen LogP contribution is -2.22. The highest BCUT2D eigenvalue weighted by Crippen LogP contribution is 2.31. The number of hydrogen-bond donors (Lipinski definition) is 2. The van der Waals surface area contributed by atoms with Crippen LogP contribution in [0.5, 0.6) is 0 Å². The zero-order chi connectivity index (χ0) is 19.8. The minimum atomic E-state index is -0.497. The van der Waals surface area contributed by atoms with E-state index in [2.05, 4.69) is 15.5 Å². The second kappa shape index (κ2) is 7.14. The van der Waals surface area contributed by atoms with Crippen molar-refractivity contribution in [3.8, 4) is 11.3 Å². The maximum absolute atomic E-state index is 14.7. The summed E-state index contributed by atoms with van der Waals surface area (Å²) in [6, 6.07) is 20.8. The van der Waals surface area contributed by atoms with Crippen LogP contribution in [0.3, 0.4) is 0 Å². The molecule has 2 heterocycles. The van der Waals surface area contributed by atoms with Crippen LogP contribution >= 0.6 is 11.3 Å². The molecule has 29 heavy (non-hydrogen) atoms. The molecule has 0 saturated carbocycles. The minimum Gasteiger partial charge on any atom is -0.347 e. The number of amides is 1.